The van der Waals surface area contributed by atoms with Gasteiger partial charge in [-0.2, -0.15) is 0 Å². The second kappa shape index (κ2) is 14.6. The van der Waals surface area contributed by atoms with Crippen molar-refractivity contribution in [2.75, 3.05) is 20.3 Å². The quantitative estimate of drug-likeness (QED) is 0.240. The van der Waals surface area contributed by atoms with E-state index < -0.39 is 40.5 Å². The van der Waals surface area contributed by atoms with Crippen molar-refractivity contribution < 1.29 is 42.9 Å². The number of aryl methyl sites for hydroxylation is 1. The van der Waals surface area contributed by atoms with Crippen LogP contribution in [0.4, 0.5) is 0 Å². The number of amides is 1. The molecule has 1 aromatic heterocycles. The fourth-order valence-electron chi connectivity index (χ4n) is 8.35. The lowest BCUT2D eigenvalue weighted by Crippen LogP contribution is -2.48. The predicted octanol–water partition coefficient (Wildman–Crippen LogP) is 6.51. The summed E-state index contributed by atoms with van der Waals surface area (Å²) in [5.74, 6) is -1.60. The van der Waals surface area contributed by atoms with E-state index in [1.165, 1.54) is 4.90 Å². The fraction of sp³-hybridized carbons (Fsp3) is 0.610. The summed E-state index contributed by atoms with van der Waals surface area (Å²) in [5.41, 5.74) is -1.26. The van der Waals surface area contributed by atoms with Crippen molar-refractivity contribution in [3.8, 4) is 11.5 Å². The Kier molecular flexibility index (Phi) is 10.5. The number of fused-ring (bicyclic) bond motifs is 5. The highest BCUT2D eigenvalue weighted by Gasteiger charge is 2.63. The van der Waals surface area contributed by atoms with Gasteiger partial charge in [0.2, 0.25) is 5.91 Å². The Hall–Kier alpha value is -4.28. The van der Waals surface area contributed by atoms with E-state index >= 15 is 0 Å². The molecule has 0 unspecified atom stereocenters. The number of hydrogen-bond donors (Lipinski definition) is 0. The number of benzene rings is 1. The molecule has 1 saturated heterocycles. The zero-order valence-corrected chi connectivity index (χ0v) is 31.4. The summed E-state index contributed by atoms with van der Waals surface area (Å²) in [6.07, 6.45) is 8.60. The third-order valence-corrected chi connectivity index (χ3v) is 11.0. The van der Waals surface area contributed by atoms with E-state index in [9.17, 15) is 24.0 Å². The van der Waals surface area contributed by atoms with Crippen LogP contribution in [0.15, 0.2) is 30.4 Å². The maximum Gasteiger partial charge on any atom is 0.313 e. The summed E-state index contributed by atoms with van der Waals surface area (Å²) in [4.78, 5) is 76.6. The van der Waals surface area contributed by atoms with Crippen molar-refractivity contribution in [1.29, 1.82) is 0 Å². The monoisotopic (exact) mass is 716 g/mol. The molecule has 3 aliphatic heterocycles. The van der Waals surface area contributed by atoms with Gasteiger partial charge < -0.3 is 23.8 Å². The minimum Gasteiger partial charge on any atom is -0.497 e. The zero-order chi connectivity index (χ0) is 37.4. The highest BCUT2D eigenvalue weighted by Crippen LogP contribution is 2.58. The maximum absolute atomic E-state index is 14.7. The molecule has 1 saturated carbocycles. The smallest absolute Gasteiger partial charge is 0.313 e. The van der Waals surface area contributed by atoms with E-state index in [0.717, 1.165) is 19.3 Å². The van der Waals surface area contributed by atoms with Gasteiger partial charge in [-0.05, 0) is 83.9 Å². The molecule has 0 bridgehead atoms. The molecule has 1 spiro atoms. The number of ketones is 2. The van der Waals surface area contributed by atoms with Crippen molar-refractivity contribution in [1.82, 2.24) is 9.88 Å². The minimum atomic E-state index is -1.21. The van der Waals surface area contributed by atoms with Crippen molar-refractivity contribution in [3.05, 3.63) is 41.6 Å². The first-order valence-electron chi connectivity index (χ1n) is 18.8. The van der Waals surface area contributed by atoms with E-state index in [2.05, 4.69) is 6.08 Å². The van der Waals surface area contributed by atoms with Gasteiger partial charge in [0.25, 0.3) is 0 Å². The second-order valence-corrected chi connectivity index (χ2v) is 16.0. The molecule has 6 rings (SSSR count). The average molecular weight is 717 g/mol. The fourth-order valence-corrected chi connectivity index (χ4v) is 8.35. The largest absolute Gasteiger partial charge is 0.497 e. The summed E-state index contributed by atoms with van der Waals surface area (Å²) in [6, 6.07) is 4.43. The van der Waals surface area contributed by atoms with Crippen LogP contribution in [0, 0.1) is 17.3 Å². The highest BCUT2D eigenvalue weighted by molar-refractivity contribution is 6.11. The maximum atomic E-state index is 14.7. The molecule has 280 valence electrons. The van der Waals surface area contributed by atoms with Gasteiger partial charge in [0.15, 0.2) is 17.3 Å². The Morgan fingerprint density at radius 3 is 2.56 bits per heavy atom. The average Bonchev–Trinajstić information content (AvgIpc) is 3.67. The predicted molar refractivity (Wildman–Crippen MR) is 193 cm³/mol. The molecule has 2 fully saturated rings. The molecular formula is C41H52N2O9. The van der Waals surface area contributed by atoms with Crippen LogP contribution in [-0.2, 0) is 35.1 Å². The number of allylic oxidation sites excluding steroid dienone is 2. The molecule has 5 atom stereocenters. The van der Waals surface area contributed by atoms with Crippen LogP contribution in [0.5, 0.6) is 11.5 Å². The SMILES string of the molecule is CCOC(=O)[C@]12CC(=O)[C@@H]3C[C@]4(CC(=O)c5c(c(CC)nc6ccc(OC)cc56)O4)CN3C(=O)[C@@H](CC(=O)OC(C)(C)C)CCCCC/C=C\[C@@H]1C2. The number of rotatable bonds is 6. The van der Waals surface area contributed by atoms with Gasteiger partial charge in [0.1, 0.15) is 17.0 Å². The number of carbonyl (C=O) groups excluding carboxylic acids is 5. The summed E-state index contributed by atoms with van der Waals surface area (Å²) >= 11 is 0. The molecule has 4 aliphatic rings. The highest BCUT2D eigenvalue weighted by atomic mass is 16.6. The van der Waals surface area contributed by atoms with Crippen LogP contribution < -0.4 is 9.47 Å². The number of carbonyl (C=O) groups is 5. The van der Waals surface area contributed by atoms with E-state index in [1.54, 1.807) is 46.9 Å². The zero-order valence-electron chi connectivity index (χ0n) is 31.4. The number of hydrogen-bond acceptors (Lipinski definition) is 10. The Balaban J connectivity index is 1.40. The molecule has 1 aliphatic carbocycles. The van der Waals surface area contributed by atoms with E-state index in [4.69, 9.17) is 23.9 Å². The number of nitrogens with zero attached hydrogens (tertiary/aromatic N) is 2. The molecule has 11 nitrogen and oxygen atoms in total. The molecular weight excluding hydrogens is 664 g/mol. The first kappa shape index (κ1) is 37.5. The van der Waals surface area contributed by atoms with Gasteiger partial charge in [0.05, 0.1) is 61.3 Å². The lowest BCUT2D eigenvalue weighted by molar-refractivity contribution is -0.159. The summed E-state index contributed by atoms with van der Waals surface area (Å²) < 4.78 is 23.5. The molecule has 1 amide bonds. The van der Waals surface area contributed by atoms with Crippen LogP contribution in [0.3, 0.4) is 0 Å². The Bertz CT molecular complexity index is 1790. The number of ether oxygens (including phenoxy) is 4. The lowest BCUT2D eigenvalue weighted by atomic mass is 9.84. The normalized spacial score (nSPS) is 28.5. The standard InChI is InChI=1S/C41H52N2O9/c1-7-29-36-35(28-19-27(49-6)16-17-30(28)42-29)33(45)22-40(52-36)21-31-32(44)23-41(38(48)50-8-2)20-26(41)15-13-11-9-10-12-14-25(37(47)43(31)24-40)18-34(46)51-39(3,4)5/h13,15-17,19,25-26,31H,7-12,14,18,20-24H2,1-6H3/b15-13-/t25-,26-,31+,40+,41-/m1/s1. The molecule has 1 aromatic carbocycles. The topological polar surface area (TPSA) is 138 Å². The molecule has 11 heteroatoms. The van der Waals surface area contributed by atoms with Crippen LogP contribution in [0.25, 0.3) is 10.9 Å². The van der Waals surface area contributed by atoms with E-state index in [1.807, 2.05) is 19.1 Å². The minimum absolute atomic E-state index is 0.0206. The van der Waals surface area contributed by atoms with Gasteiger partial charge in [-0.3, -0.25) is 24.0 Å². The summed E-state index contributed by atoms with van der Waals surface area (Å²) in [7, 11) is 1.56. The van der Waals surface area contributed by atoms with Crippen LogP contribution in [0.1, 0.15) is 115 Å². The molecule has 2 aromatic rings. The van der Waals surface area contributed by atoms with Gasteiger partial charge in [-0.25, -0.2) is 4.98 Å². The van der Waals surface area contributed by atoms with Crippen LogP contribution in [-0.4, -0.2) is 76.8 Å². The Labute approximate surface area is 305 Å². The van der Waals surface area contributed by atoms with Crippen LogP contribution in [0.2, 0.25) is 0 Å². The Morgan fingerprint density at radius 1 is 1.06 bits per heavy atom. The number of pyridine rings is 1. The summed E-state index contributed by atoms with van der Waals surface area (Å²) in [6.45, 7) is 9.22. The number of methoxy groups -OCH3 is 1. The summed E-state index contributed by atoms with van der Waals surface area (Å²) in [5, 5.41) is 0.619. The van der Waals surface area contributed by atoms with Crippen molar-refractivity contribution in [2.45, 2.75) is 122 Å². The third kappa shape index (κ3) is 7.46. The molecule has 0 N–H and O–H groups in total. The van der Waals surface area contributed by atoms with Crippen LogP contribution >= 0.6 is 0 Å². The Morgan fingerprint density at radius 2 is 1.85 bits per heavy atom. The van der Waals surface area contributed by atoms with Gasteiger partial charge in [-0.1, -0.05) is 31.9 Å². The number of esters is 2. The molecule has 4 heterocycles. The first-order chi connectivity index (χ1) is 24.7. The van der Waals surface area contributed by atoms with Crippen molar-refractivity contribution in [3.63, 3.8) is 0 Å². The number of aromatic nitrogens is 1. The van der Waals surface area contributed by atoms with Crippen molar-refractivity contribution in [2.24, 2.45) is 17.3 Å². The van der Waals surface area contributed by atoms with E-state index in [0.29, 0.717) is 59.3 Å². The molecule has 0 radical (unpaired) electrons. The van der Waals surface area contributed by atoms with E-state index in [-0.39, 0.29) is 62.2 Å². The molecule has 52 heavy (non-hydrogen) atoms. The van der Waals surface area contributed by atoms with Crippen molar-refractivity contribution >= 4 is 40.3 Å². The first-order valence-corrected chi connectivity index (χ1v) is 18.8. The lowest BCUT2D eigenvalue weighted by Gasteiger charge is -2.36. The van der Waals surface area contributed by atoms with Gasteiger partial charge >= 0.3 is 11.9 Å². The van der Waals surface area contributed by atoms with Gasteiger partial charge in [0, 0.05) is 24.1 Å². The third-order valence-electron chi connectivity index (χ3n) is 11.0. The second-order valence-electron chi connectivity index (χ2n) is 16.0. The number of Topliss-reactive ketones (excluding diaryl/α,β-unsaturated/α-hetero) is 2. The van der Waals surface area contributed by atoms with Gasteiger partial charge in [-0.15, -0.1) is 0 Å².